The lowest BCUT2D eigenvalue weighted by atomic mass is 10.0. The Morgan fingerprint density at radius 2 is 0.512 bits per heavy atom. The van der Waals surface area contributed by atoms with Crippen LogP contribution >= 0.6 is 0 Å². The smallest absolute Gasteiger partial charge is 0.306 e. The molecular weight excluding hydrogens is 985 g/mol. The summed E-state index contributed by atoms with van der Waals surface area (Å²) in [5, 5.41) is 0. The number of carbonyl (C=O) groups is 3. The predicted octanol–water partition coefficient (Wildman–Crippen LogP) is 23.4. The van der Waals surface area contributed by atoms with Gasteiger partial charge >= 0.3 is 17.9 Å². The maximum absolute atomic E-state index is 12.9. The number of hydrogen-bond acceptors (Lipinski definition) is 6. The van der Waals surface area contributed by atoms with E-state index in [-0.39, 0.29) is 31.1 Å². The van der Waals surface area contributed by atoms with Crippen LogP contribution in [0.2, 0.25) is 0 Å². The summed E-state index contributed by atoms with van der Waals surface area (Å²) in [6.45, 7) is 6.48. The standard InChI is InChI=1S/C74H126O6/c1-4-7-10-13-16-19-22-25-27-29-31-33-34-35-36-37-38-39-40-41-43-44-46-49-52-55-58-61-64-67-73(76)79-70-71(69-78-72(75)66-63-60-57-54-51-48-24-21-18-15-12-9-6-3)80-74(77)68-65-62-59-56-53-50-47-45-42-32-30-28-26-23-20-17-14-11-8-5-2/h7,10,12,15-16,19,21,24-25,27,31,33,35-36,38-39,41,43,71H,4-6,8-9,11,13-14,17-18,20,22-23,26,28-30,32,34,37,40,42,44-70H2,1-3H3/b10-7-,15-12-,19-16-,24-21-,27-25-,33-31-,36-35-,39-38-,43-41-. The molecule has 0 aliphatic carbocycles. The molecule has 0 saturated heterocycles. The average Bonchev–Trinajstić information content (AvgIpc) is 3.46. The van der Waals surface area contributed by atoms with Crippen molar-refractivity contribution in [3.8, 4) is 0 Å². The van der Waals surface area contributed by atoms with Crippen molar-refractivity contribution in [2.24, 2.45) is 0 Å². The minimum absolute atomic E-state index is 0.0869. The third kappa shape index (κ3) is 64.9. The first-order chi connectivity index (χ1) is 39.5. The molecule has 6 nitrogen and oxygen atoms in total. The summed E-state index contributed by atoms with van der Waals surface area (Å²) in [4.78, 5) is 38.4. The summed E-state index contributed by atoms with van der Waals surface area (Å²) in [6.07, 6.45) is 92.5. The van der Waals surface area contributed by atoms with Gasteiger partial charge in [-0.05, 0) is 103 Å². The highest BCUT2D eigenvalue weighted by molar-refractivity contribution is 5.71. The summed E-state index contributed by atoms with van der Waals surface area (Å²) in [7, 11) is 0. The van der Waals surface area contributed by atoms with E-state index in [0.29, 0.717) is 19.3 Å². The minimum Gasteiger partial charge on any atom is -0.462 e. The molecular formula is C74H126O6. The number of carbonyl (C=O) groups excluding carboxylic acids is 3. The lowest BCUT2D eigenvalue weighted by Crippen LogP contribution is -2.30. The maximum Gasteiger partial charge on any atom is 0.306 e. The van der Waals surface area contributed by atoms with Crippen LogP contribution in [0.4, 0.5) is 0 Å². The summed E-state index contributed by atoms with van der Waals surface area (Å²) >= 11 is 0. The molecule has 6 heteroatoms. The van der Waals surface area contributed by atoms with Crippen LogP contribution in [0.25, 0.3) is 0 Å². The van der Waals surface area contributed by atoms with E-state index in [9.17, 15) is 14.4 Å². The van der Waals surface area contributed by atoms with Crippen LogP contribution in [0.5, 0.6) is 0 Å². The van der Waals surface area contributed by atoms with Gasteiger partial charge in [0.1, 0.15) is 13.2 Å². The highest BCUT2D eigenvalue weighted by atomic mass is 16.6. The number of allylic oxidation sites excluding steroid dienone is 18. The first-order valence-electron chi connectivity index (χ1n) is 33.9. The van der Waals surface area contributed by atoms with Crippen molar-refractivity contribution in [2.75, 3.05) is 13.2 Å². The molecule has 0 bridgehead atoms. The SMILES string of the molecule is CC/C=C\C/C=C\C/C=C\C/C=C\C/C=C\C/C=C\C/C=C\CCCCCCCCCC(=O)OCC(COC(=O)CCCCCCC/C=C\C/C=C\CCC)OC(=O)CCCCCCCCCCCCCCCCCCCCCC. The van der Waals surface area contributed by atoms with Crippen LogP contribution in [0.3, 0.4) is 0 Å². The molecule has 0 fully saturated rings. The molecule has 458 valence electrons. The van der Waals surface area contributed by atoms with E-state index in [0.717, 1.165) is 141 Å². The molecule has 0 aliphatic rings. The molecule has 0 aliphatic heterocycles. The lowest BCUT2D eigenvalue weighted by Gasteiger charge is -2.18. The van der Waals surface area contributed by atoms with Crippen molar-refractivity contribution in [3.05, 3.63) is 109 Å². The molecule has 0 radical (unpaired) electrons. The number of ether oxygens (including phenoxy) is 3. The van der Waals surface area contributed by atoms with E-state index in [1.807, 2.05) is 0 Å². The van der Waals surface area contributed by atoms with Gasteiger partial charge in [-0.15, -0.1) is 0 Å². The van der Waals surface area contributed by atoms with Crippen LogP contribution in [-0.2, 0) is 28.6 Å². The quantitative estimate of drug-likeness (QED) is 0.0261. The number of esters is 3. The van der Waals surface area contributed by atoms with Gasteiger partial charge in [0.05, 0.1) is 0 Å². The molecule has 1 atom stereocenters. The van der Waals surface area contributed by atoms with E-state index < -0.39 is 6.10 Å². The monoisotopic (exact) mass is 1110 g/mol. The number of rotatable bonds is 61. The van der Waals surface area contributed by atoms with Crippen molar-refractivity contribution in [1.82, 2.24) is 0 Å². The van der Waals surface area contributed by atoms with E-state index in [2.05, 4.69) is 130 Å². The van der Waals surface area contributed by atoms with Gasteiger partial charge in [-0.2, -0.15) is 0 Å². The predicted molar refractivity (Wildman–Crippen MR) is 348 cm³/mol. The average molecular weight is 1110 g/mol. The molecule has 0 N–H and O–H groups in total. The van der Waals surface area contributed by atoms with Gasteiger partial charge in [-0.1, -0.05) is 310 Å². The molecule has 0 aromatic carbocycles. The van der Waals surface area contributed by atoms with Crippen molar-refractivity contribution < 1.29 is 28.6 Å². The maximum atomic E-state index is 12.9. The van der Waals surface area contributed by atoms with Gasteiger partial charge < -0.3 is 14.2 Å². The fraction of sp³-hybridized carbons (Fsp3) is 0.716. The van der Waals surface area contributed by atoms with Gasteiger partial charge in [0.25, 0.3) is 0 Å². The highest BCUT2D eigenvalue weighted by Gasteiger charge is 2.19. The second-order valence-corrected chi connectivity index (χ2v) is 22.4. The zero-order valence-corrected chi connectivity index (χ0v) is 52.6. The van der Waals surface area contributed by atoms with Gasteiger partial charge in [0, 0.05) is 19.3 Å². The van der Waals surface area contributed by atoms with Gasteiger partial charge in [0.15, 0.2) is 6.10 Å². The second kappa shape index (κ2) is 67.6. The van der Waals surface area contributed by atoms with Crippen molar-refractivity contribution in [3.63, 3.8) is 0 Å². The Kier molecular flexibility index (Phi) is 64.3. The van der Waals surface area contributed by atoms with Crippen LogP contribution in [0.1, 0.15) is 323 Å². The van der Waals surface area contributed by atoms with E-state index >= 15 is 0 Å². The summed E-state index contributed by atoms with van der Waals surface area (Å²) in [5.41, 5.74) is 0. The fourth-order valence-corrected chi connectivity index (χ4v) is 9.46. The number of unbranched alkanes of at least 4 members (excludes halogenated alkanes) is 32. The second-order valence-electron chi connectivity index (χ2n) is 22.4. The third-order valence-electron chi connectivity index (χ3n) is 14.5. The van der Waals surface area contributed by atoms with Crippen LogP contribution in [0.15, 0.2) is 109 Å². The first-order valence-corrected chi connectivity index (χ1v) is 33.9. The van der Waals surface area contributed by atoms with Gasteiger partial charge in [-0.3, -0.25) is 14.4 Å². The van der Waals surface area contributed by atoms with Crippen molar-refractivity contribution in [2.45, 2.75) is 329 Å². The van der Waals surface area contributed by atoms with Crippen molar-refractivity contribution >= 4 is 17.9 Å². The Morgan fingerprint density at radius 1 is 0.263 bits per heavy atom. The van der Waals surface area contributed by atoms with Crippen molar-refractivity contribution in [1.29, 1.82) is 0 Å². The molecule has 1 unspecified atom stereocenters. The largest absolute Gasteiger partial charge is 0.462 e. The molecule has 0 aromatic heterocycles. The first kappa shape index (κ1) is 76.1. The normalized spacial score (nSPS) is 12.8. The highest BCUT2D eigenvalue weighted by Crippen LogP contribution is 2.17. The Bertz CT molecular complexity index is 1610. The van der Waals surface area contributed by atoms with Gasteiger partial charge in [-0.25, -0.2) is 0 Å². The summed E-state index contributed by atoms with van der Waals surface area (Å²) < 4.78 is 16.9. The van der Waals surface area contributed by atoms with Gasteiger partial charge in [0.2, 0.25) is 0 Å². The molecule has 0 heterocycles. The topological polar surface area (TPSA) is 78.9 Å². The number of hydrogen-bond donors (Lipinski definition) is 0. The summed E-state index contributed by atoms with van der Waals surface area (Å²) in [6, 6.07) is 0. The van der Waals surface area contributed by atoms with Crippen LogP contribution in [0, 0.1) is 0 Å². The third-order valence-corrected chi connectivity index (χ3v) is 14.5. The Balaban J connectivity index is 4.32. The summed E-state index contributed by atoms with van der Waals surface area (Å²) in [5.74, 6) is -0.898. The zero-order valence-electron chi connectivity index (χ0n) is 52.6. The van der Waals surface area contributed by atoms with E-state index in [1.54, 1.807) is 0 Å². The lowest BCUT2D eigenvalue weighted by molar-refractivity contribution is -0.167. The zero-order chi connectivity index (χ0) is 57.8. The Hall–Kier alpha value is -3.93. The molecule has 0 aromatic rings. The molecule has 0 rings (SSSR count). The minimum atomic E-state index is -0.790. The molecule has 0 saturated carbocycles. The molecule has 80 heavy (non-hydrogen) atoms. The molecule has 0 amide bonds. The van der Waals surface area contributed by atoms with Crippen LogP contribution in [-0.4, -0.2) is 37.2 Å². The van der Waals surface area contributed by atoms with E-state index in [1.165, 1.54) is 141 Å². The van der Waals surface area contributed by atoms with E-state index in [4.69, 9.17) is 14.2 Å². The Morgan fingerprint density at radius 3 is 0.812 bits per heavy atom. The van der Waals surface area contributed by atoms with Crippen LogP contribution < -0.4 is 0 Å². The molecule has 0 spiro atoms. The fourth-order valence-electron chi connectivity index (χ4n) is 9.46. The Labute approximate surface area is 495 Å².